The molecule has 0 amide bonds. The molecule has 2 heterocycles. The van der Waals surface area contributed by atoms with Crippen molar-refractivity contribution in [2.24, 2.45) is 10.4 Å². The average molecular weight is 308 g/mol. The fourth-order valence-corrected chi connectivity index (χ4v) is 2.55. The number of likely N-dealkylation sites (tertiary alicyclic amines) is 1. The Morgan fingerprint density at radius 3 is 2.64 bits per heavy atom. The minimum absolute atomic E-state index is 0.00927. The molecule has 2 rings (SSSR count). The topological polar surface area (TPSA) is 88.6 Å². The van der Waals surface area contributed by atoms with Crippen LogP contribution in [0.15, 0.2) is 17.4 Å². The number of aliphatic imine (C=N–C) groups is 1. The molecule has 8 nitrogen and oxygen atoms in total. The third kappa shape index (κ3) is 2.77. The van der Waals surface area contributed by atoms with Gasteiger partial charge in [0.1, 0.15) is 12.4 Å². The summed E-state index contributed by atoms with van der Waals surface area (Å²) in [4.78, 5) is 16.8. The lowest BCUT2D eigenvalue weighted by molar-refractivity contribution is -0.385. The Morgan fingerprint density at radius 1 is 1.50 bits per heavy atom. The molecule has 0 bridgehead atoms. The molecule has 122 valence electrons. The Labute approximate surface area is 130 Å². The highest BCUT2D eigenvalue weighted by Gasteiger charge is 2.53. The molecule has 1 aromatic heterocycles. The highest BCUT2D eigenvalue weighted by Crippen LogP contribution is 2.46. The minimum atomic E-state index is -0.444. The second-order valence-electron chi connectivity index (χ2n) is 6.72. The van der Waals surface area contributed by atoms with E-state index in [1.807, 2.05) is 0 Å². The van der Waals surface area contributed by atoms with Crippen LogP contribution in [0, 0.1) is 15.5 Å². The zero-order chi connectivity index (χ0) is 16.5. The number of aromatic nitrogens is 2. The van der Waals surface area contributed by atoms with Crippen molar-refractivity contribution >= 4 is 11.6 Å². The SMILES string of the molecule is CN=C(NCCn1cc([N+](=O)[O-])cn1)N1CC(C)(C)C1(C)C. The van der Waals surface area contributed by atoms with Crippen LogP contribution in [0.1, 0.15) is 27.7 Å². The first-order chi connectivity index (χ1) is 10.2. The summed E-state index contributed by atoms with van der Waals surface area (Å²) >= 11 is 0. The number of rotatable bonds is 4. The van der Waals surface area contributed by atoms with Gasteiger partial charge in [0.2, 0.25) is 0 Å². The quantitative estimate of drug-likeness (QED) is 0.394. The van der Waals surface area contributed by atoms with E-state index in [1.54, 1.807) is 11.7 Å². The Hall–Kier alpha value is -2.12. The summed E-state index contributed by atoms with van der Waals surface area (Å²) in [5.41, 5.74) is 0.294. The number of guanidine groups is 1. The molecular formula is C14H24N6O2. The molecular weight excluding hydrogens is 284 g/mol. The second kappa shape index (κ2) is 5.58. The van der Waals surface area contributed by atoms with Crippen LogP contribution in [0.5, 0.6) is 0 Å². The van der Waals surface area contributed by atoms with Crippen molar-refractivity contribution in [3.63, 3.8) is 0 Å². The third-order valence-electron chi connectivity index (χ3n) is 4.81. The molecule has 0 atom stereocenters. The molecule has 1 N–H and O–H groups in total. The summed E-state index contributed by atoms with van der Waals surface area (Å²) in [5.74, 6) is 0.853. The van der Waals surface area contributed by atoms with Gasteiger partial charge in [0.25, 0.3) is 0 Å². The van der Waals surface area contributed by atoms with Gasteiger partial charge >= 0.3 is 5.69 Å². The summed E-state index contributed by atoms with van der Waals surface area (Å²) in [5, 5.41) is 17.9. The third-order valence-corrected chi connectivity index (χ3v) is 4.81. The minimum Gasteiger partial charge on any atom is -0.354 e. The summed E-state index contributed by atoms with van der Waals surface area (Å²) in [6.07, 6.45) is 2.69. The van der Waals surface area contributed by atoms with E-state index in [0.717, 1.165) is 12.5 Å². The molecule has 8 heteroatoms. The summed E-state index contributed by atoms with van der Waals surface area (Å²) in [6.45, 7) is 11.0. The predicted molar refractivity (Wildman–Crippen MR) is 84.8 cm³/mol. The lowest BCUT2D eigenvalue weighted by Gasteiger charge is -2.62. The Bertz CT molecular complexity index is 590. The van der Waals surface area contributed by atoms with Gasteiger partial charge in [-0.3, -0.25) is 19.8 Å². The largest absolute Gasteiger partial charge is 0.354 e. The zero-order valence-electron chi connectivity index (χ0n) is 13.8. The van der Waals surface area contributed by atoms with Crippen LogP contribution < -0.4 is 5.32 Å². The predicted octanol–water partition coefficient (Wildman–Crippen LogP) is 1.49. The lowest BCUT2D eigenvalue weighted by atomic mass is 9.65. The standard InChI is InChI=1S/C14H24N6O2/c1-13(2)10-19(14(13,3)4)12(15-5)16-6-7-18-9-11(8-17-18)20(21)22/h8-9H,6-7,10H2,1-5H3,(H,15,16). The van der Waals surface area contributed by atoms with Gasteiger partial charge < -0.3 is 10.2 Å². The van der Waals surface area contributed by atoms with Crippen LogP contribution in [-0.4, -0.2) is 51.2 Å². The molecule has 0 unspecified atom stereocenters. The second-order valence-corrected chi connectivity index (χ2v) is 6.72. The van der Waals surface area contributed by atoms with Crippen molar-refractivity contribution in [2.75, 3.05) is 20.1 Å². The van der Waals surface area contributed by atoms with Gasteiger partial charge in [0, 0.05) is 31.1 Å². The number of nitro groups is 1. The molecule has 1 saturated heterocycles. The van der Waals surface area contributed by atoms with Gasteiger partial charge in [-0.2, -0.15) is 5.10 Å². The first-order valence-corrected chi connectivity index (χ1v) is 7.34. The Balaban J connectivity index is 1.89. The molecule has 1 fully saturated rings. The van der Waals surface area contributed by atoms with Crippen molar-refractivity contribution in [1.29, 1.82) is 0 Å². The lowest BCUT2D eigenvalue weighted by Crippen LogP contribution is -2.72. The molecule has 1 aromatic rings. The molecule has 0 aliphatic carbocycles. The van der Waals surface area contributed by atoms with Crippen LogP contribution in [-0.2, 0) is 6.54 Å². The highest BCUT2D eigenvalue weighted by atomic mass is 16.6. The molecule has 0 aromatic carbocycles. The monoisotopic (exact) mass is 308 g/mol. The number of hydrogen-bond donors (Lipinski definition) is 1. The molecule has 0 saturated carbocycles. The molecule has 22 heavy (non-hydrogen) atoms. The van der Waals surface area contributed by atoms with E-state index in [9.17, 15) is 10.1 Å². The van der Waals surface area contributed by atoms with Crippen LogP contribution in [0.25, 0.3) is 0 Å². The van der Waals surface area contributed by atoms with Crippen molar-refractivity contribution in [3.8, 4) is 0 Å². The van der Waals surface area contributed by atoms with Crippen molar-refractivity contribution < 1.29 is 4.92 Å². The smallest absolute Gasteiger partial charge is 0.306 e. The van der Waals surface area contributed by atoms with Crippen molar-refractivity contribution in [3.05, 3.63) is 22.5 Å². The number of nitrogens with zero attached hydrogens (tertiary/aromatic N) is 5. The van der Waals surface area contributed by atoms with E-state index in [-0.39, 0.29) is 16.6 Å². The number of nitrogens with one attached hydrogen (secondary N) is 1. The van der Waals surface area contributed by atoms with Gasteiger partial charge in [-0.15, -0.1) is 0 Å². The first kappa shape index (κ1) is 16.3. The molecule has 1 aliphatic heterocycles. The van der Waals surface area contributed by atoms with E-state index >= 15 is 0 Å². The summed E-state index contributed by atoms with van der Waals surface area (Å²) in [6, 6.07) is 0. The van der Waals surface area contributed by atoms with Gasteiger partial charge in [0.15, 0.2) is 5.96 Å². The van der Waals surface area contributed by atoms with Crippen LogP contribution in [0.2, 0.25) is 0 Å². The normalized spacial score (nSPS) is 19.7. The summed E-state index contributed by atoms with van der Waals surface area (Å²) < 4.78 is 1.56. The van der Waals surface area contributed by atoms with E-state index in [0.29, 0.717) is 13.1 Å². The van der Waals surface area contributed by atoms with Gasteiger partial charge in [-0.05, 0) is 13.8 Å². The average Bonchev–Trinajstić information content (AvgIpc) is 2.90. The van der Waals surface area contributed by atoms with E-state index in [2.05, 4.69) is 48.0 Å². The highest BCUT2D eigenvalue weighted by molar-refractivity contribution is 5.81. The van der Waals surface area contributed by atoms with E-state index in [4.69, 9.17) is 0 Å². The molecule has 1 aliphatic rings. The first-order valence-electron chi connectivity index (χ1n) is 7.34. The van der Waals surface area contributed by atoms with Gasteiger partial charge in [-0.1, -0.05) is 13.8 Å². The summed E-state index contributed by atoms with van der Waals surface area (Å²) in [7, 11) is 1.77. The fourth-order valence-electron chi connectivity index (χ4n) is 2.55. The van der Waals surface area contributed by atoms with E-state index < -0.39 is 4.92 Å². The zero-order valence-corrected chi connectivity index (χ0v) is 13.8. The van der Waals surface area contributed by atoms with Gasteiger partial charge in [-0.25, -0.2) is 0 Å². The van der Waals surface area contributed by atoms with Crippen LogP contribution in [0.3, 0.4) is 0 Å². The maximum Gasteiger partial charge on any atom is 0.306 e. The van der Waals surface area contributed by atoms with Crippen LogP contribution in [0.4, 0.5) is 5.69 Å². The Morgan fingerprint density at radius 2 is 2.18 bits per heavy atom. The van der Waals surface area contributed by atoms with Crippen LogP contribution >= 0.6 is 0 Å². The van der Waals surface area contributed by atoms with E-state index in [1.165, 1.54) is 12.4 Å². The molecule has 0 spiro atoms. The van der Waals surface area contributed by atoms with Gasteiger partial charge in [0.05, 0.1) is 11.5 Å². The molecule has 0 radical (unpaired) electrons. The fraction of sp³-hybridized carbons (Fsp3) is 0.714. The maximum absolute atomic E-state index is 10.6. The van der Waals surface area contributed by atoms with Crippen molar-refractivity contribution in [1.82, 2.24) is 20.0 Å². The van der Waals surface area contributed by atoms with Crippen molar-refractivity contribution in [2.45, 2.75) is 39.8 Å². The number of hydrogen-bond acceptors (Lipinski definition) is 4. The Kier molecular flexibility index (Phi) is 4.12. The maximum atomic E-state index is 10.6.